The molecule has 0 aromatic heterocycles. The van der Waals surface area contributed by atoms with Gasteiger partial charge in [0.2, 0.25) is 0 Å². The molecule has 37 heavy (non-hydrogen) atoms. The number of carbonyl (C=O) groups excluding carboxylic acids is 3. The number of anilines is 1. The van der Waals surface area contributed by atoms with Crippen molar-refractivity contribution in [2.75, 3.05) is 11.5 Å². The number of nitrogens with zero attached hydrogens (tertiary/aromatic N) is 1. The number of rotatable bonds is 7. The number of hydrogen-bond donors (Lipinski definition) is 1. The van der Waals surface area contributed by atoms with Crippen molar-refractivity contribution in [2.45, 2.75) is 13.5 Å². The van der Waals surface area contributed by atoms with E-state index in [1.807, 2.05) is 6.92 Å². The van der Waals surface area contributed by atoms with Gasteiger partial charge in [0.05, 0.1) is 25.9 Å². The average Bonchev–Trinajstić information content (AvgIpc) is 2.83. The number of barbiturate groups is 1. The molecule has 0 spiro atoms. The van der Waals surface area contributed by atoms with Gasteiger partial charge in [-0.25, -0.2) is 9.69 Å². The molecule has 1 heterocycles. The Balaban J connectivity index is 1.66. The van der Waals surface area contributed by atoms with Crippen LogP contribution in [-0.4, -0.2) is 24.5 Å². The summed E-state index contributed by atoms with van der Waals surface area (Å²) in [7, 11) is 0. The lowest BCUT2D eigenvalue weighted by molar-refractivity contribution is -0.122. The molecule has 0 bridgehead atoms. The molecule has 4 rings (SSSR count). The summed E-state index contributed by atoms with van der Waals surface area (Å²) in [6.45, 7) is 2.40. The van der Waals surface area contributed by atoms with Gasteiger partial charge in [0.1, 0.15) is 12.2 Å². The highest BCUT2D eigenvalue weighted by Gasteiger charge is 2.37. The molecule has 0 aliphatic carbocycles. The fourth-order valence-electron chi connectivity index (χ4n) is 3.53. The van der Waals surface area contributed by atoms with Crippen LogP contribution in [0.25, 0.3) is 6.08 Å². The van der Waals surface area contributed by atoms with Crippen LogP contribution in [0, 0.1) is 3.57 Å². The molecule has 1 aliphatic rings. The summed E-state index contributed by atoms with van der Waals surface area (Å²) in [6.07, 6.45) is 1.40. The summed E-state index contributed by atoms with van der Waals surface area (Å²) in [5.41, 5.74) is 1.34. The number of amides is 4. The minimum absolute atomic E-state index is 0.213. The number of halogens is 4. The Bertz CT molecular complexity index is 1440. The lowest BCUT2D eigenvalue weighted by Crippen LogP contribution is -2.54. The third-order valence-corrected chi connectivity index (χ3v) is 6.95. The molecule has 190 valence electrons. The molecule has 3 aromatic carbocycles. The Morgan fingerprint density at radius 1 is 0.973 bits per heavy atom. The Labute approximate surface area is 241 Å². The topological polar surface area (TPSA) is 84.9 Å². The van der Waals surface area contributed by atoms with Crippen molar-refractivity contribution < 1.29 is 23.9 Å². The number of nitrogens with one attached hydrogen (secondary N) is 1. The second-order valence-corrected chi connectivity index (χ2v) is 10.2. The molecule has 4 amide bonds. The van der Waals surface area contributed by atoms with Gasteiger partial charge in [-0.05, 0) is 89.2 Å². The first-order valence-electron chi connectivity index (χ1n) is 10.9. The second-order valence-electron chi connectivity index (χ2n) is 7.74. The first kappa shape index (κ1) is 27.3. The van der Waals surface area contributed by atoms with Gasteiger partial charge in [-0.3, -0.25) is 14.9 Å². The van der Waals surface area contributed by atoms with Crippen LogP contribution in [0.15, 0.2) is 60.2 Å². The first-order valence-corrected chi connectivity index (χ1v) is 13.1. The van der Waals surface area contributed by atoms with Gasteiger partial charge in [-0.15, -0.1) is 0 Å². The Hall–Kier alpha value is -2.79. The highest BCUT2D eigenvalue weighted by molar-refractivity contribution is 14.1. The minimum Gasteiger partial charge on any atom is -0.490 e. The quantitative estimate of drug-likeness (QED) is 0.168. The van der Waals surface area contributed by atoms with E-state index in [-0.39, 0.29) is 17.9 Å². The van der Waals surface area contributed by atoms with E-state index in [2.05, 4.69) is 27.9 Å². The van der Waals surface area contributed by atoms with Crippen molar-refractivity contribution in [2.24, 2.45) is 0 Å². The van der Waals surface area contributed by atoms with Gasteiger partial charge in [0, 0.05) is 5.02 Å². The van der Waals surface area contributed by atoms with Crippen LogP contribution in [0.2, 0.25) is 15.1 Å². The predicted molar refractivity (Wildman–Crippen MR) is 152 cm³/mol. The Morgan fingerprint density at radius 2 is 1.76 bits per heavy atom. The Kier molecular flexibility index (Phi) is 8.63. The molecule has 1 fully saturated rings. The summed E-state index contributed by atoms with van der Waals surface area (Å²) in [6, 6.07) is 14.0. The van der Waals surface area contributed by atoms with Crippen LogP contribution in [0.4, 0.5) is 10.5 Å². The highest BCUT2D eigenvalue weighted by Crippen LogP contribution is 2.36. The third-order valence-electron chi connectivity index (χ3n) is 5.18. The zero-order valence-electron chi connectivity index (χ0n) is 19.2. The number of urea groups is 1. The summed E-state index contributed by atoms with van der Waals surface area (Å²) >= 11 is 20.2. The van der Waals surface area contributed by atoms with E-state index in [0.717, 1.165) is 10.5 Å². The monoisotopic (exact) mass is 670 g/mol. The smallest absolute Gasteiger partial charge is 0.335 e. The molecular weight excluding hydrogens is 654 g/mol. The van der Waals surface area contributed by atoms with Crippen LogP contribution >= 0.6 is 57.4 Å². The van der Waals surface area contributed by atoms with Crippen LogP contribution in [0.3, 0.4) is 0 Å². The highest BCUT2D eigenvalue weighted by atomic mass is 127. The number of hydrogen-bond acceptors (Lipinski definition) is 5. The van der Waals surface area contributed by atoms with Crippen molar-refractivity contribution in [3.63, 3.8) is 0 Å². The predicted octanol–water partition coefficient (Wildman–Crippen LogP) is 6.90. The lowest BCUT2D eigenvalue weighted by Gasteiger charge is -2.26. The maximum absolute atomic E-state index is 13.2. The minimum atomic E-state index is -0.856. The Morgan fingerprint density at radius 3 is 2.46 bits per heavy atom. The zero-order valence-corrected chi connectivity index (χ0v) is 23.6. The SMILES string of the molecule is CCOc1cc(/C=C2\C(=O)NC(=O)N(c3cccc(Cl)c3)C2=O)cc(I)c1OCc1ccc(Cl)c(Cl)c1. The van der Waals surface area contributed by atoms with Gasteiger partial charge < -0.3 is 9.47 Å². The van der Waals surface area contributed by atoms with Crippen molar-refractivity contribution >= 4 is 87.0 Å². The largest absolute Gasteiger partial charge is 0.490 e. The molecule has 0 radical (unpaired) electrons. The normalized spacial score (nSPS) is 14.7. The van der Waals surface area contributed by atoms with Crippen LogP contribution in [0.5, 0.6) is 11.5 Å². The van der Waals surface area contributed by atoms with Gasteiger partial charge in [-0.2, -0.15) is 0 Å². The lowest BCUT2D eigenvalue weighted by atomic mass is 10.1. The molecule has 11 heteroatoms. The van der Waals surface area contributed by atoms with E-state index in [1.54, 1.807) is 48.5 Å². The maximum atomic E-state index is 13.2. The van der Waals surface area contributed by atoms with Gasteiger partial charge in [-0.1, -0.05) is 46.9 Å². The average molecular weight is 672 g/mol. The van der Waals surface area contributed by atoms with Gasteiger partial charge in [0.25, 0.3) is 11.8 Å². The maximum Gasteiger partial charge on any atom is 0.335 e. The fourth-order valence-corrected chi connectivity index (χ4v) is 4.82. The number of imide groups is 2. The molecule has 0 atom stereocenters. The van der Waals surface area contributed by atoms with Crippen molar-refractivity contribution in [1.29, 1.82) is 0 Å². The summed E-state index contributed by atoms with van der Waals surface area (Å²) < 4.78 is 12.5. The van der Waals surface area contributed by atoms with Crippen LogP contribution < -0.4 is 19.7 Å². The van der Waals surface area contributed by atoms with E-state index >= 15 is 0 Å². The van der Waals surface area contributed by atoms with E-state index in [1.165, 1.54) is 12.1 Å². The molecule has 1 saturated heterocycles. The zero-order chi connectivity index (χ0) is 26.7. The molecular formula is C26H18Cl3IN2O5. The van der Waals surface area contributed by atoms with Crippen molar-refractivity contribution in [1.82, 2.24) is 5.32 Å². The van der Waals surface area contributed by atoms with E-state index in [4.69, 9.17) is 44.3 Å². The molecule has 0 saturated carbocycles. The standard InChI is InChI=1S/C26H18Cl3IN2O5/c1-2-36-22-11-15(10-21(30)23(22)37-13-14-6-7-19(28)20(29)9-14)8-18-24(33)31-26(35)32(25(18)34)17-5-3-4-16(27)12-17/h3-12H,2,13H2,1H3,(H,31,33,35)/b18-8+. The molecule has 1 N–H and O–H groups in total. The second kappa shape index (κ2) is 11.7. The number of carbonyl (C=O) groups is 3. The van der Waals surface area contributed by atoms with E-state index in [0.29, 0.717) is 42.3 Å². The van der Waals surface area contributed by atoms with Crippen molar-refractivity contribution in [3.8, 4) is 11.5 Å². The van der Waals surface area contributed by atoms with Gasteiger partial charge in [0.15, 0.2) is 11.5 Å². The van der Waals surface area contributed by atoms with E-state index in [9.17, 15) is 14.4 Å². The number of benzene rings is 3. The van der Waals surface area contributed by atoms with Crippen LogP contribution in [0.1, 0.15) is 18.1 Å². The summed E-state index contributed by atoms with van der Waals surface area (Å²) in [5, 5.41) is 3.41. The molecule has 1 aliphatic heterocycles. The first-order chi connectivity index (χ1) is 17.7. The number of ether oxygens (including phenoxy) is 2. The molecule has 0 unspecified atom stereocenters. The summed E-state index contributed by atoms with van der Waals surface area (Å²) in [4.78, 5) is 39.1. The molecule has 3 aromatic rings. The third kappa shape index (κ3) is 6.20. The van der Waals surface area contributed by atoms with Crippen molar-refractivity contribution in [3.05, 3.63) is 89.9 Å². The van der Waals surface area contributed by atoms with Crippen LogP contribution in [-0.2, 0) is 16.2 Å². The summed E-state index contributed by atoms with van der Waals surface area (Å²) in [5.74, 6) is -0.663. The molecule has 7 nitrogen and oxygen atoms in total. The van der Waals surface area contributed by atoms with E-state index < -0.39 is 17.8 Å². The van der Waals surface area contributed by atoms with Gasteiger partial charge >= 0.3 is 6.03 Å². The fraction of sp³-hybridized carbons (Fsp3) is 0.115.